The Bertz CT molecular complexity index is 578. The summed E-state index contributed by atoms with van der Waals surface area (Å²) >= 11 is 3.16. The Balaban J connectivity index is 2.44. The van der Waals surface area contributed by atoms with E-state index < -0.39 is 5.82 Å². The molecule has 0 atom stereocenters. The zero-order valence-electron chi connectivity index (χ0n) is 9.21. The Hall–Kier alpha value is -1.48. The van der Waals surface area contributed by atoms with E-state index in [1.54, 1.807) is 24.3 Å². The molecule has 17 heavy (non-hydrogen) atoms. The number of rotatable bonds is 2. The summed E-state index contributed by atoms with van der Waals surface area (Å²) in [6.45, 7) is 1.90. The van der Waals surface area contributed by atoms with Crippen LogP contribution in [-0.2, 0) is 0 Å². The van der Waals surface area contributed by atoms with Crippen molar-refractivity contribution in [2.75, 3.05) is 0 Å². The van der Waals surface area contributed by atoms with Gasteiger partial charge in [-0.25, -0.2) is 4.39 Å². The number of ketones is 1. The summed E-state index contributed by atoms with van der Waals surface area (Å²) in [6, 6.07) is 11.6. The van der Waals surface area contributed by atoms with Gasteiger partial charge in [0.1, 0.15) is 5.82 Å². The molecule has 0 saturated carbocycles. The topological polar surface area (TPSA) is 17.1 Å². The fraction of sp³-hybridized carbons (Fsp3) is 0.0714. The van der Waals surface area contributed by atoms with Gasteiger partial charge in [0.05, 0.1) is 5.56 Å². The van der Waals surface area contributed by atoms with E-state index in [9.17, 15) is 9.18 Å². The number of hydrogen-bond acceptors (Lipinski definition) is 1. The number of carbonyl (C=O) groups excluding carboxylic acids is 1. The maximum atomic E-state index is 13.6. The minimum atomic E-state index is -0.508. The van der Waals surface area contributed by atoms with Crippen LogP contribution in [0, 0.1) is 12.7 Å². The highest BCUT2D eigenvalue weighted by Gasteiger charge is 2.13. The fourth-order valence-corrected chi connectivity index (χ4v) is 1.95. The molecule has 2 rings (SSSR count). The molecule has 0 aliphatic carbocycles. The molecule has 0 unspecified atom stereocenters. The van der Waals surface area contributed by atoms with E-state index in [4.69, 9.17) is 0 Å². The van der Waals surface area contributed by atoms with E-state index in [1.807, 2.05) is 13.0 Å². The van der Waals surface area contributed by atoms with Crippen molar-refractivity contribution < 1.29 is 9.18 Å². The number of hydrogen-bond donors (Lipinski definition) is 0. The Labute approximate surface area is 107 Å². The molecule has 0 radical (unpaired) electrons. The molecular formula is C14H10BrFO. The van der Waals surface area contributed by atoms with Crippen molar-refractivity contribution in [1.82, 2.24) is 0 Å². The van der Waals surface area contributed by atoms with Crippen LogP contribution in [-0.4, -0.2) is 5.78 Å². The molecule has 0 amide bonds. The van der Waals surface area contributed by atoms with Gasteiger partial charge >= 0.3 is 0 Å². The summed E-state index contributed by atoms with van der Waals surface area (Å²) in [4.78, 5) is 12.1. The molecule has 2 aromatic carbocycles. The second-order valence-corrected chi connectivity index (χ2v) is 4.74. The first-order chi connectivity index (χ1) is 8.08. The van der Waals surface area contributed by atoms with Crippen LogP contribution in [0.15, 0.2) is 46.9 Å². The third-order valence-corrected chi connectivity index (χ3v) is 2.95. The van der Waals surface area contributed by atoms with Crippen LogP contribution in [0.5, 0.6) is 0 Å². The quantitative estimate of drug-likeness (QED) is 0.761. The lowest BCUT2D eigenvalue weighted by Gasteiger charge is -2.04. The molecule has 0 fully saturated rings. The van der Waals surface area contributed by atoms with Crippen LogP contribution < -0.4 is 0 Å². The number of carbonyl (C=O) groups is 1. The first-order valence-electron chi connectivity index (χ1n) is 5.14. The van der Waals surface area contributed by atoms with Crippen molar-refractivity contribution in [1.29, 1.82) is 0 Å². The maximum absolute atomic E-state index is 13.6. The van der Waals surface area contributed by atoms with Crippen molar-refractivity contribution >= 4 is 21.7 Å². The van der Waals surface area contributed by atoms with Gasteiger partial charge in [-0.2, -0.15) is 0 Å². The average molecular weight is 293 g/mol. The predicted molar refractivity (Wildman–Crippen MR) is 68.7 cm³/mol. The Morgan fingerprint density at radius 3 is 2.59 bits per heavy atom. The molecular weight excluding hydrogens is 283 g/mol. The van der Waals surface area contributed by atoms with Gasteiger partial charge in [0.2, 0.25) is 0 Å². The summed E-state index contributed by atoms with van der Waals surface area (Å²) in [5.74, 6) is -0.801. The van der Waals surface area contributed by atoms with Gasteiger partial charge in [0.15, 0.2) is 5.78 Å². The second-order valence-electron chi connectivity index (χ2n) is 3.82. The smallest absolute Gasteiger partial charge is 0.195 e. The summed E-state index contributed by atoms with van der Waals surface area (Å²) < 4.78 is 14.3. The third kappa shape index (κ3) is 2.61. The average Bonchev–Trinajstić information content (AvgIpc) is 2.28. The Morgan fingerprint density at radius 1 is 1.18 bits per heavy atom. The van der Waals surface area contributed by atoms with Crippen LogP contribution >= 0.6 is 15.9 Å². The van der Waals surface area contributed by atoms with Crippen LogP contribution in [0.4, 0.5) is 4.39 Å². The lowest BCUT2D eigenvalue weighted by Crippen LogP contribution is -2.04. The molecule has 0 aliphatic heterocycles. The standard InChI is InChI=1S/C14H10BrFO/c1-9-3-2-4-10(7-9)14(17)12-6-5-11(15)8-13(12)16/h2-8H,1H3. The second kappa shape index (κ2) is 4.80. The lowest BCUT2D eigenvalue weighted by atomic mass is 10.0. The van der Waals surface area contributed by atoms with Crippen molar-refractivity contribution in [3.63, 3.8) is 0 Å². The van der Waals surface area contributed by atoms with E-state index >= 15 is 0 Å². The minimum absolute atomic E-state index is 0.0961. The molecule has 0 N–H and O–H groups in total. The van der Waals surface area contributed by atoms with Gasteiger partial charge in [0, 0.05) is 10.0 Å². The molecule has 0 aromatic heterocycles. The molecule has 0 heterocycles. The van der Waals surface area contributed by atoms with Crippen LogP contribution in [0.2, 0.25) is 0 Å². The van der Waals surface area contributed by atoms with E-state index in [1.165, 1.54) is 12.1 Å². The van der Waals surface area contributed by atoms with E-state index in [0.29, 0.717) is 10.0 Å². The summed E-state index contributed by atoms with van der Waals surface area (Å²) in [5, 5.41) is 0. The first kappa shape index (κ1) is 12.0. The Morgan fingerprint density at radius 2 is 1.94 bits per heavy atom. The van der Waals surface area contributed by atoms with Crippen LogP contribution in [0.25, 0.3) is 0 Å². The van der Waals surface area contributed by atoms with Gasteiger partial charge in [-0.1, -0.05) is 39.7 Å². The van der Waals surface area contributed by atoms with E-state index in [2.05, 4.69) is 15.9 Å². The molecule has 86 valence electrons. The van der Waals surface area contributed by atoms with Gasteiger partial charge in [-0.3, -0.25) is 4.79 Å². The highest BCUT2D eigenvalue weighted by molar-refractivity contribution is 9.10. The molecule has 1 nitrogen and oxygen atoms in total. The summed E-state index contributed by atoms with van der Waals surface area (Å²) in [6.07, 6.45) is 0. The van der Waals surface area contributed by atoms with E-state index in [-0.39, 0.29) is 11.3 Å². The number of halogens is 2. The summed E-state index contributed by atoms with van der Waals surface area (Å²) in [7, 11) is 0. The normalized spacial score (nSPS) is 10.3. The molecule has 0 spiro atoms. The highest BCUT2D eigenvalue weighted by atomic mass is 79.9. The molecule has 0 saturated heterocycles. The van der Waals surface area contributed by atoms with Gasteiger partial charge in [-0.05, 0) is 31.2 Å². The zero-order valence-corrected chi connectivity index (χ0v) is 10.8. The SMILES string of the molecule is Cc1cccc(C(=O)c2ccc(Br)cc2F)c1. The monoisotopic (exact) mass is 292 g/mol. The van der Waals surface area contributed by atoms with Crippen molar-refractivity contribution in [3.8, 4) is 0 Å². The molecule has 0 aliphatic rings. The molecule has 0 bridgehead atoms. The fourth-order valence-electron chi connectivity index (χ4n) is 1.62. The van der Waals surface area contributed by atoms with Crippen molar-refractivity contribution in [2.45, 2.75) is 6.92 Å². The van der Waals surface area contributed by atoms with Crippen molar-refractivity contribution in [3.05, 3.63) is 69.4 Å². The third-order valence-electron chi connectivity index (χ3n) is 2.46. The largest absolute Gasteiger partial charge is 0.288 e. The van der Waals surface area contributed by atoms with Crippen molar-refractivity contribution in [2.24, 2.45) is 0 Å². The van der Waals surface area contributed by atoms with Gasteiger partial charge < -0.3 is 0 Å². The van der Waals surface area contributed by atoms with Crippen LogP contribution in [0.1, 0.15) is 21.5 Å². The maximum Gasteiger partial charge on any atom is 0.195 e. The number of benzene rings is 2. The van der Waals surface area contributed by atoms with E-state index in [0.717, 1.165) is 5.56 Å². The first-order valence-corrected chi connectivity index (χ1v) is 5.93. The van der Waals surface area contributed by atoms with Gasteiger partial charge in [-0.15, -0.1) is 0 Å². The summed E-state index contributed by atoms with van der Waals surface area (Å²) in [5.41, 5.74) is 1.58. The molecule has 3 heteroatoms. The Kier molecular flexibility index (Phi) is 3.38. The minimum Gasteiger partial charge on any atom is -0.288 e. The lowest BCUT2D eigenvalue weighted by molar-refractivity contribution is 0.103. The predicted octanol–water partition coefficient (Wildman–Crippen LogP) is 4.13. The van der Waals surface area contributed by atoms with Gasteiger partial charge in [0.25, 0.3) is 0 Å². The highest BCUT2D eigenvalue weighted by Crippen LogP contribution is 2.18. The molecule has 2 aromatic rings. The zero-order chi connectivity index (χ0) is 12.4. The number of aryl methyl sites for hydroxylation is 1. The van der Waals surface area contributed by atoms with Crippen LogP contribution in [0.3, 0.4) is 0 Å².